The number of hydrogen-bond donors (Lipinski definition) is 2. The van der Waals surface area contributed by atoms with Gasteiger partial charge in [0, 0.05) is 13.1 Å². The Morgan fingerprint density at radius 3 is 2.77 bits per heavy atom. The number of sulfonamides is 1. The minimum absolute atomic E-state index is 0.103. The van der Waals surface area contributed by atoms with E-state index < -0.39 is 16.6 Å². The van der Waals surface area contributed by atoms with Crippen LogP contribution in [0.15, 0.2) is 34.7 Å². The number of nitrogens with one attached hydrogen (secondary N) is 2. The van der Waals surface area contributed by atoms with Crippen LogP contribution < -0.4 is 14.8 Å². The molecule has 0 spiro atoms. The second-order valence-electron chi connectivity index (χ2n) is 4.61. The summed E-state index contributed by atoms with van der Waals surface area (Å²) in [5, 5.41) is 2.94. The van der Waals surface area contributed by atoms with E-state index in [0.29, 0.717) is 6.54 Å². The van der Waals surface area contributed by atoms with Gasteiger partial charge in [0.05, 0.1) is 9.92 Å². The van der Waals surface area contributed by atoms with Crippen LogP contribution in [0.2, 0.25) is 5.02 Å². The summed E-state index contributed by atoms with van der Waals surface area (Å²) in [7, 11) is -3.77. The van der Waals surface area contributed by atoms with Gasteiger partial charge >= 0.3 is 6.61 Å². The first kappa shape index (κ1) is 17.1. The summed E-state index contributed by atoms with van der Waals surface area (Å²) < 4.78 is 55.2. The average Bonchev–Trinajstić information content (AvgIpc) is 2.48. The van der Waals surface area contributed by atoms with E-state index >= 15 is 0 Å². The van der Waals surface area contributed by atoms with Gasteiger partial charge in [0.15, 0.2) is 0 Å². The van der Waals surface area contributed by atoms with Crippen molar-refractivity contribution in [2.24, 2.45) is 0 Å². The molecular formula is C13H15ClF2N2O3S. The zero-order valence-corrected chi connectivity index (χ0v) is 13.1. The molecule has 9 heteroatoms. The lowest BCUT2D eigenvalue weighted by Gasteiger charge is -2.15. The number of halogens is 3. The van der Waals surface area contributed by atoms with Crippen molar-refractivity contribution in [2.45, 2.75) is 17.9 Å². The van der Waals surface area contributed by atoms with Gasteiger partial charge in [-0.1, -0.05) is 23.3 Å². The Bertz CT molecular complexity index is 665. The highest BCUT2D eigenvalue weighted by atomic mass is 35.5. The maximum absolute atomic E-state index is 12.2. The molecule has 2 N–H and O–H groups in total. The van der Waals surface area contributed by atoms with E-state index in [1.807, 2.05) is 6.08 Å². The molecule has 1 aromatic carbocycles. The van der Waals surface area contributed by atoms with Crippen molar-refractivity contribution < 1.29 is 21.9 Å². The normalized spacial score (nSPS) is 15.7. The minimum Gasteiger partial charge on any atom is -0.433 e. The highest BCUT2D eigenvalue weighted by Gasteiger charge is 2.18. The number of ether oxygens (including phenoxy) is 1. The topological polar surface area (TPSA) is 67.4 Å². The molecule has 0 saturated heterocycles. The van der Waals surface area contributed by atoms with Gasteiger partial charge in [-0.15, -0.1) is 0 Å². The molecule has 2 rings (SSSR count). The molecule has 0 bridgehead atoms. The van der Waals surface area contributed by atoms with Crippen molar-refractivity contribution in [3.8, 4) is 5.75 Å². The van der Waals surface area contributed by atoms with Crippen molar-refractivity contribution in [3.05, 3.63) is 34.9 Å². The Balaban J connectivity index is 2.08. The number of hydrogen-bond acceptors (Lipinski definition) is 4. The highest BCUT2D eigenvalue weighted by Crippen LogP contribution is 2.28. The van der Waals surface area contributed by atoms with E-state index in [-0.39, 0.29) is 22.2 Å². The van der Waals surface area contributed by atoms with Crippen LogP contribution in [0.25, 0.3) is 0 Å². The summed E-state index contributed by atoms with van der Waals surface area (Å²) in [6, 6.07) is 3.36. The van der Waals surface area contributed by atoms with Crippen molar-refractivity contribution in [2.75, 3.05) is 19.6 Å². The number of benzene rings is 1. The van der Waals surface area contributed by atoms with Crippen LogP contribution in [-0.4, -0.2) is 34.7 Å². The second kappa shape index (κ2) is 7.36. The minimum atomic E-state index is -3.77. The summed E-state index contributed by atoms with van der Waals surface area (Å²) in [5.41, 5.74) is 0.992. The molecule has 5 nitrogen and oxygen atoms in total. The zero-order valence-electron chi connectivity index (χ0n) is 11.5. The molecular weight excluding hydrogens is 338 g/mol. The molecule has 0 radical (unpaired) electrons. The third-order valence-corrected chi connectivity index (χ3v) is 4.77. The lowest BCUT2D eigenvalue weighted by Crippen LogP contribution is -2.29. The third-order valence-electron chi connectivity index (χ3n) is 3.08. The Morgan fingerprint density at radius 2 is 2.18 bits per heavy atom. The summed E-state index contributed by atoms with van der Waals surface area (Å²) in [4.78, 5) is -0.103. The fraction of sp³-hybridized carbons (Fsp3) is 0.385. The second-order valence-corrected chi connectivity index (χ2v) is 6.79. The third kappa shape index (κ3) is 4.64. The number of rotatable bonds is 6. The van der Waals surface area contributed by atoms with Crippen molar-refractivity contribution in [1.82, 2.24) is 10.0 Å². The van der Waals surface area contributed by atoms with Crippen molar-refractivity contribution in [1.29, 1.82) is 0 Å². The van der Waals surface area contributed by atoms with E-state index in [2.05, 4.69) is 14.8 Å². The molecule has 1 aliphatic rings. The van der Waals surface area contributed by atoms with Crippen LogP contribution in [0.4, 0.5) is 8.78 Å². The first-order valence-corrected chi connectivity index (χ1v) is 8.37. The molecule has 22 heavy (non-hydrogen) atoms. The largest absolute Gasteiger partial charge is 0.433 e. The molecule has 0 atom stereocenters. The van der Waals surface area contributed by atoms with Crippen molar-refractivity contribution >= 4 is 21.6 Å². The van der Waals surface area contributed by atoms with Crippen LogP contribution >= 0.6 is 11.6 Å². The predicted molar refractivity (Wildman–Crippen MR) is 78.8 cm³/mol. The molecule has 0 saturated carbocycles. The van der Waals surface area contributed by atoms with Gasteiger partial charge in [0.25, 0.3) is 0 Å². The quantitative estimate of drug-likeness (QED) is 0.770. The first-order valence-electron chi connectivity index (χ1n) is 6.51. The van der Waals surface area contributed by atoms with Crippen LogP contribution in [0.3, 0.4) is 0 Å². The lowest BCUT2D eigenvalue weighted by molar-refractivity contribution is -0.0498. The van der Waals surface area contributed by atoms with Gasteiger partial charge in [-0.2, -0.15) is 8.78 Å². The Hall–Kier alpha value is -1.22. The molecule has 0 aliphatic carbocycles. The molecule has 1 aliphatic heterocycles. The van der Waals surface area contributed by atoms with E-state index in [1.54, 1.807) is 0 Å². The van der Waals surface area contributed by atoms with E-state index in [4.69, 9.17) is 11.6 Å². The average molecular weight is 353 g/mol. The van der Waals surface area contributed by atoms with E-state index in [9.17, 15) is 17.2 Å². The van der Waals surface area contributed by atoms with Gasteiger partial charge in [-0.05, 0) is 31.2 Å². The Kier molecular flexibility index (Phi) is 5.74. The smallest absolute Gasteiger partial charge is 0.387 e. The fourth-order valence-corrected chi connectivity index (χ4v) is 3.29. The summed E-state index contributed by atoms with van der Waals surface area (Å²) in [5.74, 6) is -0.267. The first-order chi connectivity index (χ1) is 10.4. The van der Waals surface area contributed by atoms with Gasteiger partial charge in [0.2, 0.25) is 10.0 Å². The van der Waals surface area contributed by atoms with Gasteiger partial charge in [-0.3, -0.25) is 0 Å². The maximum atomic E-state index is 12.2. The molecule has 0 unspecified atom stereocenters. The van der Waals surface area contributed by atoms with Crippen LogP contribution in [0.1, 0.15) is 6.42 Å². The Labute approximate surface area is 132 Å². The number of alkyl halides is 2. The monoisotopic (exact) mass is 352 g/mol. The van der Waals surface area contributed by atoms with Crippen molar-refractivity contribution in [3.63, 3.8) is 0 Å². The summed E-state index contributed by atoms with van der Waals surface area (Å²) >= 11 is 5.76. The predicted octanol–water partition coefficient (Wildman–Crippen LogP) is 2.14. The molecule has 0 fully saturated rings. The highest BCUT2D eigenvalue weighted by molar-refractivity contribution is 7.89. The van der Waals surface area contributed by atoms with E-state index in [1.165, 1.54) is 6.07 Å². The summed E-state index contributed by atoms with van der Waals surface area (Å²) in [6.07, 6.45) is 2.70. The van der Waals surface area contributed by atoms with Gasteiger partial charge < -0.3 is 10.1 Å². The van der Waals surface area contributed by atoms with Gasteiger partial charge in [-0.25, -0.2) is 13.1 Å². The molecule has 1 heterocycles. The molecule has 0 amide bonds. The molecule has 1 aromatic rings. The van der Waals surface area contributed by atoms with Crippen LogP contribution in [0, 0.1) is 0 Å². The van der Waals surface area contributed by atoms with Crippen LogP contribution in [-0.2, 0) is 10.0 Å². The standard InChI is InChI=1S/C13H15ClF2N2O3S/c14-11-7-10(1-2-12(11)21-13(15)16)22(19,20)18-8-9-3-5-17-6-4-9/h1-3,7,13,17-18H,4-6,8H2. The zero-order chi connectivity index (χ0) is 16.2. The van der Waals surface area contributed by atoms with Crippen LogP contribution in [0.5, 0.6) is 5.75 Å². The van der Waals surface area contributed by atoms with Gasteiger partial charge in [0.1, 0.15) is 5.75 Å². The summed E-state index contributed by atoms with van der Waals surface area (Å²) in [6.45, 7) is -1.30. The molecule has 122 valence electrons. The van der Waals surface area contributed by atoms with E-state index in [0.717, 1.165) is 30.7 Å². The fourth-order valence-electron chi connectivity index (χ4n) is 1.94. The maximum Gasteiger partial charge on any atom is 0.387 e. The Morgan fingerprint density at radius 1 is 1.41 bits per heavy atom. The SMILES string of the molecule is O=S(=O)(NCC1=CCNCC1)c1ccc(OC(F)F)c(Cl)c1. The lowest BCUT2D eigenvalue weighted by atomic mass is 10.1. The molecule has 0 aromatic heterocycles.